The molecular weight excluding hydrogens is 540 g/mol. The Morgan fingerprint density at radius 3 is 2.39 bits per heavy atom. The molecular formula is C32H44N2O6S. The van der Waals surface area contributed by atoms with Gasteiger partial charge >= 0.3 is 12.1 Å². The molecule has 2 fully saturated rings. The SMILES string of the molecule is COC(=O)c1sc(C#CC(C)(C)C)cc1N(C(=O)C1=CCC(C)CC1)C1CCC(NC(=O)OC2CCOCC2)CC1. The highest BCUT2D eigenvalue weighted by molar-refractivity contribution is 7.15. The van der Waals surface area contributed by atoms with Gasteiger partial charge in [0, 0.05) is 35.9 Å². The summed E-state index contributed by atoms with van der Waals surface area (Å²) in [7, 11) is 1.36. The fourth-order valence-electron chi connectivity index (χ4n) is 5.52. The number of carbonyl (C=O) groups excluding carboxylic acids is 3. The van der Waals surface area contributed by atoms with Gasteiger partial charge in [-0.3, -0.25) is 4.79 Å². The monoisotopic (exact) mass is 584 g/mol. The van der Waals surface area contributed by atoms with Crippen molar-refractivity contribution in [1.82, 2.24) is 5.32 Å². The number of amides is 2. The van der Waals surface area contributed by atoms with Gasteiger partial charge in [-0.15, -0.1) is 11.3 Å². The predicted octanol–water partition coefficient (Wildman–Crippen LogP) is 6.23. The van der Waals surface area contributed by atoms with Crippen LogP contribution in [0.15, 0.2) is 17.7 Å². The van der Waals surface area contributed by atoms with E-state index in [0.29, 0.717) is 55.4 Å². The number of allylic oxidation sites excluding steroid dienone is 1. The third kappa shape index (κ3) is 8.59. The third-order valence-corrected chi connectivity index (χ3v) is 8.92. The predicted molar refractivity (Wildman–Crippen MR) is 160 cm³/mol. The van der Waals surface area contributed by atoms with E-state index in [1.165, 1.54) is 18.4 Å². The van der Waals surface area contributed by atoms with Crippen LogP contribution < -0.4 is 10.2 Å². The van der Waals surface area contributed by atoms with Crippen LogP contribution in [-0.2, 0) is 19.0 Å². The van der Waals surface area contributed by atoms with Crippen molar-refractivity contribution in [3.8, 4) is 11.8 Å². The summed E-state index contributed by atoms with van der Waals surface area (Å²) in [5.74, 6) is 6.48. The van der Waals surface area contributed by atoms with Gasteiger partial charge in [0.25, 0.3) is 5.91 Å². The maximum absolute atomic E-state index is 14.1. The summed E-state index contributed by atoms with van der Waals surface area (Å²) in [4.78, 5) is 42.6. The van der Waals surface area contributed by atoms with Crippen molar-refractivity contribution in [2.24, 2.45) is 11.3 Å². The molecule has 0 aromatic carbocycles. The fraction of sp³-hybridized carbons (Fsp3) is 0.656. The van der Waals surface area contributed by atoms with Gasteiger partial charge in [0.1, 0.15) is 11.0 Å². The van der Waals surface area contributed by atoms with E-state index in [4.69, 9.17) is 14.2 Å². The summed E-state index contributed by atoms with van der Waals surface area (Å²) in [5.41, 5.74) is 1.17. The second-order valence-electron chi connectivity index (χ2n) is 12.5. The Hall–Kier alpha value is -2.83. The minimum Gasteiger partial charge on any atom is -0.465 e. The maximum Gasteiger partial charge on any atom is 0.407 e. The number of carbonyl (C=O) groups is 3. The Morgan fingerprint density at radius 2 is 1.78 bits per heavy atom. The van der Waals surface area contributed by atoms with E-state index in [1.54, 1.807) is 0 Å². The first kappa shape index (κ1) is 31.1. The van der Waals surface area contributed by atoms with E-state index in [2.05, 4.69) is 30.2 Å². The summed E-state index contributed by atoms with van der Waals surface area (Å²) in [5, 5.41) is 3.03. The van der Waals surface area contributed by atoms with Gasteiger partial charge in [0.15, 0.2) is 0 Å². The first-order valence-corrected chi connectivity index (χ1v) is 15.7. The fourth-order valence-corrected chi connectivity index (χ4v) is 6.44. The molecule has 2 heterocycles. The van der Waals surface area contributed by atoms with Crippen LogP contribution in [0.1, 0.15) is 100 Å². The zero-order valence-electron chi connectivity index (χ0n) is 25.0. The molecule has 1 atom stereocenters. The summed E-state index contributed by atoms with van der Waals surface area (Å²) < 4.78 is 16.1. The highest BCUT2D eigenvalue weighted by atomic mass is 32.1. The second-order valence-corrected chi connectivity index (χ2v) is 13.5. The second kappa shape index (κ2) is 13.9. The average molecular weight is 585 g/mol. The normalized spacial score (nSPS) is 23.4. The highest BCUT2D eigenvalue weighted by Crippen LogP contribution is 2.38. The number of thiophene rings is 1. The number of methoxy groups -OCH3 is 1. The lowest BCUT2D eigenvalue weighted by atomic mass is 9.87. The van der Waals surface area contributed by atoms with Gasteiger partial charge in [-0.1, -0.05) is 24.8 Å². The lowest BCUT2D eigenvalue weighted by Gasteiger charge is -2.38. The minimum atomic E-state index is -0.468. The number of hydrogen-bond donors (Lipinski definition) is 1. The minimum absolute atomic E-state index is 0.0268. The third-order valence-electron chi connectivity index (χ3n) is 7.90. The standard InChI is InChI=1S/C32H44N2O6S/c1-21-6-8-22(9-7-21)29(35)34(27-20-26(14-17-32(2,3)4)41-28(27)30(36)38-5)24-12-10-23(11-13-24)33-31(37)40-25-15-18-39-19-16-25/h8,20-21,23-25H,6-7,9-13,15-16,18-19H2,1-5H3,(H,33,37). The first-order valence-electron chi connectivity index (χ1n) is 14.9. The van der Waals surface area contributed by atoms with Crippen LogP contribution in [0.5, 0.6) is 0 Å². The van der Waals surface area contributed by atoms with Crippen LogP contribution in [0, 0.1) is 23.2 Å². The average Bonchev–Trinajstić information content (AvgIpc) is 3.37. The number of esters is 1. The molecule has 3 aliphatic rings. The molecule has 224 valence electrons. The first-order chi connectivity index (χ1) is 19.5. The van der Waals surface area contributed by atoms with Crippen molar-refractivity contribution in [2.75, 3.05) is 25.2 Å². The molecule has 4 rings (SSSR count). The van der Waals surface area contributed by atoms with Gasteiger partial charge in [-0.05, 0) is 77.7 Å². The largest absolute Gasteiger partial charge is 0.465 e. The van der Waals surface area contributed by atoms with E-state index in [1.807, 2.05) is 31.7 Å². The Labute approximate surface area is 248 Å². The van der Waals surface area contributed by atoms with Gasteiger partial charge in [0.2, 0.25) is 0 Å². The summed E-state index contributed by atoms with van der Waals surface area (Å²) in [6, 6.07) is 1.73. The van der Waals surface area contributed by atoms with Crippen LogP contribution in [0.25, 0.3) is 0 Å². The van der Waals surface area contributed by atoms with Crippen molar-refractivity contribution >= 4 is 35.0 Å². The molecule has 9 heteroatoms. The Kier molecular flexibility index (Phi) is 10.5. The molecule has 41 heavy (non-hydrogen) atoms. The molecule has 2 amide bonds. The van der Waals surface area contributed by atoms with Crippen LogP contribution in [0.2, 0.25) is 0 Å². The van der Waals surface area contributed by atoms with Crippen molar-refractivity contribution in [2.45, 2.75) is 104 Å². The van der Waals surface area contributed by atoms with E-state index in [9.17, 15) is 14.4 Å². The quantitative estimate of drug-likeness (QED) is 0.315. The molecule has 0 radical (unpaired) electrons. The summed E-state index contributed by atoms with van der Waals surface area (Å²) in [6.07, 6.45) is 8.37. The van der Waals surface area contributed by atoms with Crippen molar-refractivity contribution in [3.63, 3.8) is 0 Å². The number of ether oxygens (including phenoxy) is 3. The zero-order chi connectivity index (χ0) is 29.6. The Morgan fingerprint density at radius 1 is 1.07 bits per heavy atom. The number of rotatable bonds is 6. The summed E-state index contributed by atoms with van der Waals surface area (Å²) >= 11 is 1.27. The molecule has 1 aliphatic heterocycles. The van der Waals surface area contributed by atoms with Gasteiger partial charge < -0.3 is 24.4 Å². The lowest BCUT2D eigenvalue weighted by Crippen LogP contribution is -2.47. The van der Waals surface area contributed by atoms with E-state index >= 15 is 0 Å². The molecule has 1 aromatic heterocycles. The van der Waals surface area contributed by atoms with E-state index in [0.717, 1.165) is 42.6 Å². The van der Waals surface area contributed by atoms with E-state index in [-0.39, 0.29) is 35.6 Å². The maximum atomic E-state index is 14.1. The molecule has 1 saturated heterocycles. The van der Waals surface area contributed by atoms with E-state index < -0.39 is 5.97 Å². The molecule has 0 bridgehead atoms. The number of alkyl carbamates (subject to hydrolysis) is 1. The van der Waals surface area contributed by atoms with Crippen LogP contribution in [-0.4, -0.2) is 56.5 Å². The Balaban J connectivity index is 1.56. The van der Waals surface area contributed by atoms with Gasteiger partial charge in [-0.25, -0.2) is 9.59 Å². The highest BCUT2D eigenvalue weighted by Gasteiger charge is 2.36. The van der Waals surface area contributed by atoms with Gasteiger partial charge in [-0.2, -0.15) is 0 Å². The molecule has 8 nitrogen and oxygen atoms in total. The number of anilines is 1. The molecule has 1 aromatic rings. The zero-order valence-corrected chi connectivity index (χ0v) is 25.9. The topological polar surface area (TPSA) is 94.2 Å². The molecule has 0 spiro atoms. The summed E-state index contributed by atoms with van der Waals surface area (Å²) in [6.45, 7) is 9.53. The number of nitrogens with one attached hydrogen (secondary N) is 1. The van der Waals surface area contributed by atoms with Crippen molar-refractivity contribution < 1.29 is 28.6 Å². The van der Waals surface area contributed by atoms with Crippen LogP contribution in [0.4, 0.5) is 10.5 Å². The van der Waals surface area contributed by atoms with Crippen molar-refractivity contribution in [3.05, 3.63) is 27.5 Å². The molecule has 1 N–H and O–H groups in total. The molecule has 2 aliphatic carbocycles. The molecule has 1 saturated carbocycles. The smallest absolute Gasteiger partial charge is 0.407 e. The van der Waals surface area contributed by atoms with Crippen molar-refractivity contribution in [1.29, 1.82) is 0 Å². The number of hydrogen-bond acceptors (Lipinski definition) is 7. The Bertz CT molecular complexity index is 1190. The van der Waals surface area contributed by atoms with Crippen LogP contribution >= 0.6 is 11.3 Å². The lowest BCUT2D eigenvalue weighted by molar-refractivity contribution is -0.116. The number of nitrogens with zero attached hydrogens (tertiary/aromatic N) is 1. The molecule has 1 unspecified atom stereocenters. The van der Waals surface area contributed by atoms with Gasteiger partial charge in [0.05, 0.1) is 30.9 Å². The van der Waals surface area contributed by atoms with Crippen LogP contribution in [0.3, 0.4) is 0 Å².